The van der Waals surface area contributed by atoms with E-state index in [0.29, 0.717) is 10.7 Å². The van der Waals surface area contributed by atoms with Crippen molar-refractivity contribution in [1.82, 2.24) is 0 Å². The van der Waals surface area contributed by atoms with Crippen LogP contribution in [0, 0.1) is 19.7 Å². The number of nitrogens with one attached hydrogen (secondary N) is 1. The van der Waals surface area contributed by atoms with E-state index < -0.39 is 0 Å². The Kier molecular flexibility index (Phi) is 4.11. The summed E-state index contributed by atoms with van der Waals surface area (Å²) in [5.41, 5.74) is 4.33. The molecule has 0 amide bonds. The van der Waals surface area contributed by atoms with Crippen LogP contribution in [0.15, 0.2) is 36.4 Å². The van der Waals surface area contributed by atoms with Crippen molar-refractivity contribution in [1.29, 1.82) is 0 Å². The number of anilines is 1. The van der Waals surface area contributed by atoms with Crippen LogP contribution < -0.4 is 5.32 Å². The van der Waals surface area contributed by atoms with Gasteiger partial charge in [0.05, 0.1) is 0 Å². The second kappa shape index (κ2) is 5.62. The molecule has 0 saturated heterocycles. The molecule has 0 aliphatic carbocycles. The summed E-state index contributed by atoms with van der Waals surface area (Å²) < 4.78 is 13.3. The van der Waals surface area contributed by atoms with Gasteiger partial charge in [-0.2, -0.15) is 0 Å². The van der Waals surface area contributed by atoms with Gasteiger partial charge in [0.2, 0.25) is 0 Å². The van der Waals surface area contributed by atoms with Crippen molar-refractivity contribution < 1.29 is 4.39 Å². The molecule has 0 spiro atoms. The van der Waals surface area contributed by atoms with Crippen LogP contribution in [0.5, 0.6) is 0 Å². The number of rotatable bonds is 3. The third-order valence-electron chi connectivity index (χ3n) is 3.15. The Hall–Kier alpha value is -1.54. The zero-order chi connectivity index (χ0) is 14.0. The zero-order valence-electron chi connectivity index (χ0n) is 11.3. The highest BCUT2D eigenvalue weighted by atomic mass is 35.5. The average molecular weight is 278 g/mol. The molecule has 100 valence electrons. The molecule has 1 N–H and O–H groups in total. The van der Waals surface area contributed by atoms with Crippen molar-refractivity contribution in [3.8, 4) is 0 Å². The molecule has 1 nitrogen and oxygen atoms in total. The van der Waals surface area contributed by atoms with Gasteiger partial charge in [-0.25, -0.2) is 4.39 Å². The van der Waals surface area contributed by atoms with Crippen molar-refractivity contribution in [2.24, 2.45) is 0 Å². The molecule has 1 unspecified atom stereocenters. The molecule has 1 atom stereocenters. The van der Waals surface area contributed by atoms with Crippen molar-refractivity contribution in [2.45, 2.75) is 26.8 Å². The first kappa shape index (κ1) is 13.9. The van der Waals surface area contributed by atoms with E-state index in [0.717, 1.165) is 0 Å². The van der Waals surface area contributed by atoms with Crippen LogP contribution in [-0.4, -0.2) is 0 Å². The molecule has 0 heterocycles. The van der Waals surface area contributed by atoms with Crippen LogP contribution in [0.2, 0.25) is 5.02 Å². The van der Waals surface area contributed by atoms with Crippen LogP contribution in [0.4, 0.5) is 10.1 Å². The van der Waals surface area contributed by atoms with E-state index in [2.05, 4.69) is 44.3 Å². The molecule has 0 saturated carbocycles. The maximum atomic E-state index is 13.3. The van der Waals surface area contributed by atoms with Gasteiger partial charge in [-0.1, -0.05) is 35.4 Å². The molecule has 0 aliphatic rings. The second-order valence-electron chi connectivity index (χ2n) is 4.88. The number of hydrogen-bond donors (Lipinski definition) is 1. The Morgan fingerprint density at radius 2 is 1.84 bits per heavy atom. The summed E-state index contributed by atoms with van der Waals surface area (Å²) in [6.45, 7) is 6.20. The van der Waals surface area contributed by atoms with Gasteiger partial charge in [-0.05, 0) is 50.1 Å². The lowest BCUT2D eigenvalue weighted by Gasteiger charge is -2.18. The van der Waals surface area contributed by atoms with E-state index in [1.165, 1.54) is 28.8 Å². The molecule has 0 bridgehead atoms. The minimum atomic E-state index is -0.330. The molecule has 2 aromatic rings. The van der Waals surface area contributed by atoms with Crippen molar-refractivity contribution in [3.05, 3.63) is 63.9 Å². The summed E-state index contributed by atoms with van der Waals surface area (Å²) in [6.07, 6.45) is 0. The van der Waals surface area contributed by atoms with E-state index in [1.54, 1.807) is 6.07 Å². The molecular weight excluding hydrogens is 261 g/mol. The Balaban J connectivity index is 2.25. The summed E-state index contributed by atoms with van der Waals surface area (Å²) in [5.74, 6) is -0.330. The van der Waals surface area contributed by atoms with E-state index >= 15 is 0 Å². The largest absolute Gasteiger partial charge is 0.378 e. The highest BCUT2D eigenvalue weighted by molar-refractivity contribution is 6.30. The second-order valence-corrected chi connectivity index (χ2v) is 5.32. The third kappa shape index (κ3) is 3.48. The lowest BCUT2D eigenvalue weighted by Crippen LogP contribution is -2.08. The third-order valence-corrected chi connectivity index (χ3v) is 3.37. The van der Waals surface area contributed by atoms with Gasteiger partial charge >= 0.3 is 0 Å². The molecule has 2 rings (SSSR count). The van der Waals surface area contributed by atoms with Gasteiger partial charge < -0.3 is 5.32 Å². The van der Waals surface area contributed by atoms with Crippen LogP contribution in [-0.2, 0) is 0 Å². The minimum Gasteiger partial charge on any atom is -0.378 e. The smallest absolute Gasteiger partial charge is 0.126 e. The van der Waals surface area contributed by atoms with Crippen LogP contribution >= 0.6 is 11.6 Å². The normalized spacial score (nSPS) is 12.3. The summed E-state index contributed by atoms with van der Waals surface area (Å²) >= 11 is 5.86. The van der Waals surface area contributed by atoms with Crippen molar-refractivity contribution >= 4 is 17.3 Å². The first-order chi connectivity index (χ1) is 8.95. The quantitative estimate of drug-likeness (QED) is 0.806. The summed E-state index contributed by atoms with van der Waals surface area (Å²) in [5, 5.41) is 3.68. The Morgan fingerprint density at radius 1 is 1.11 bits per heavy atom. The lowest BCUT2D eigenvalue weighted by atomic mass is 10.00. The standard InChI is InChI=1S/C16H17ClFN/c1-10-4-5-11(2)16(6-10)12(3)19-15-8-13(17)7-14(18)9-15/h4-9,12,19H,1-3H3. The van der Waals surface area contributed by atoms with Gasteiger partial charge in [-0.3, -0.25) is 0 Å². The molecule has 2 aromatic carbocycles. The summed E-state index contributed by atoms with van der Waals surface area (Å²) in [4.78, 5) is 0. The molecule has 0 fully saturated rings. The molecule has 3 heteroatoms. The monoisotopic (exact) mass is 277 g/mol. The molecule has 0 aromatic heterocycles. The first-order valence-electron chi connectivity index (χ1n) is 6.25. The minimum absolute atomic E-state index is 0.0952. The van der Waals surface area contributed by atoms with Crippen LogP contribution in [0.3, 0.4) is 0 Å². The Morgan fingerprint density at radius 3 is 2.53 bits per heavy atom. The number of hydrogen-bond acceptors (Lipinski definition) is 1. The zero-order valence-corrected chi connectivity index (χ0v) is 12.1. The van der Waals surface area contributed by atoms with Gasteiger partial charge in [0.1, 0.15) is 5.82 Å². The van der Waals surface area contributed by atoms with Gasteiger partial charge in [0.15, 0.2) is 0 Å². The Bertz CT molecular complexity index is 575. The maximum Gasteiger partial charge on any atom is 0.126 e. The van der Waals surface area contributed by atoms with Gasteiger partial charge in [0, 0.05) is 16.8 Å². The fraction of sp³-hybridized carbons (Fsp3) is 0.250. The van der Waals surface area contributed by atoms with E-state index in [4.69, 9.17) is 11.6 Å². The average Bonchev–Trinajstić information content (AvgIpc) is 2.30. The topological polar surface area (TPSA) is 12.0 Å². The van der Waals surface area contributed by atoms with E-state index in [-0.39, 0.29) is 11.9 Å². The van der Waals surface area contributed by atoms with Crippen LogP contribution in [0.1, 0.15) is 29.7 Å². The van der Waals surface area contributed by atoms with Crippen LogP contribution in [0.25, 0.3) is 0 Å². The fourth-order valence-electron chi connectivity index (χ4n) is 2.19. The van der Waals surface area contributed by atoms with Crippen molar-refractivity contribution in [2.75, 3.05) is 5.32 Å². The number of aryl methyl sites for hydroxylation is 2. The maximum absolute atomic E-state index is 13.3. The van der Waals surface area contributed by atoms with E-state index in [9.17, 15) is 4.39 Å². The van der Waals surface area contributed by atoms with Gasteiger partial charge in [-0.15, -0.1) is 0 Å². The predicted octanol–water partition coefficient (Wildman–Crippen LogP) is 5.27. The van der Waals surface area contributed by atoms with E-state index in [1.807, 2.05) is 0 Å². The SMILES string of the molecule is Cc1ccc(C)c(C(C)Nc2cc(F)cc(Cl)c2)c1. The van der Waals surface area contributed by atoms with Gasteiger partial charge in [0.25, 0.3) is 0 Å². The molecular formula is C16H17ClFN. The first-order valence-corrected chi connectivity index (χ1v) is 6.63. The van der Waals surface area contributed by atoms with Crippen molar-refractivity contribution in [3.63, 3.8) is 0 Å². The number of halogens is 2. The lowest BCUT2D eigenvalue weighted by molar-refractivity contribution is 0.628. The highest BCUT2D eigenvalue weighted by Crippen LogP contribution is 2.25. The molecule has 0 radical (unpaired) electrons. The fourth-order valence-corrected chi connectivity index (χ4v) is 2.41. The highest BCUT2D eigenvalue weighted by Gasteiger charge is 2.09. The summed E-state index contributed by atoms with van der Waals surface area (Å²) in [6, 6.07) is 10.9. The Labute approximate surface area is 118 Å². The summed E-state index contributed by atoms with van der Waals surface area (Å²) in [7, 11) is 0. The molecule has 0 aliphatic heterocycles. The molecule has 19 heavy (non-hydrogen) atoms. The predicted molar refractivity (Wildman–Crippen MR) is 79.4 cm³/mol. The number of benzene rings is 2.